The van der Waals surface area contributed by atoms with Crippen LogP contribution in [0.2, 0.25) is 0 Å². The van der Waals surface area contributed by atoms with Crippen LogP contribution in [0.15, 0.2) is 65.1 Å². The number of benzene rings is 3. The van der Waals surface area contributed by atoms with Crippen molar-refractivity contribution >= 4 is 46.2 Å². The summed E-state index contributed by atoms with van der Waals surface area (Å²) < 4.78 is 11.2. The van der Waals surface area contributed by atoms with Crippen molar-refractivity contribution in [3.8, 4) is 10.1 Å². The van der Waals surface area contributed by atoms with E-state index in [2.05, 4.69) is 67.1 Å². The van der Waals surface area contributed by atoms with Crippen molar-refractivity contribution in [2.24, 2.45) is 7.05 Å². The Kier molecular flexibility index (Phi) is 2.97. The summed E-state index contributed by atoms with van der Waals surface area (Å²) >= 11 is 0.295. The fourth-order valence-electron chi connectivity index (χ4n) is 3.42. The van der Waals surface area contributed by atoms with Crippen LogP contribution >= 0.6 is 0 Å². The van der Waals surface area contributed by atoms with Crippen molar-refractivity contribution in [2.75, 3.05) is 0 Å². The molecule has 0 aliphatic heterocycles. The van der Waals surface area contributed by atoms with Crippen LogP contribution in [0, 0.1) is 6.92 Å². The van der Waals surface area contributed by atoms with Gasteiger partial charge in [0.25, 0.3) is 0 Å². The van der Waals surface area contributed by atoms with Crippen molar-refractivity contribution in [3.63, 3.8) is 0 Å². The molecule has 0 aliphatic carbocycles. The third-order valence-electron chi connectivity index (χ3n) is 4.71. The third kappa shape index (κ3) is 1.92. The quantitative estimate of drug-likeness (QED) is 0.308. The number of furan rings is 1. The molecular formula is C21H16NOSe+. The number of rotatable bonds is 1. The number of para-hydroxylation sites is 1. The third-order valence-corrected chi connectivity index (χ3v) is 7.30. The number of nitrogens with zero attached hydrogens (tertiary/aromatic N) is 1. The van der Waals surface area contributed by atoms with Gasteiger partial charge >= 0.3 is 146 Å². The van der Waals surface area contributed by atoms with Gasteiger partial charge in [-0.05, 0) is 0 Å². The van der Waals surface area contributed by atoms with E-state index in [1.54, 1.807) is 0 Å². The summed E-state index contributed by atoms with van der Waals surface area (Å²) in [6.45, 7) is 2.19. The molecule has 0 fully saturated rings. The molecule has 0 bridgehead atoms. The van der Waals surface area contributed by atoms with Crippen LogP contribution in [-0.4, -0.2) is 14.5 Å². The van der Waals surface area contributed by atoms with Gasteiger partial charge in [0, 0.05) is 0 Å². The monoisotopic (exact) mass is 378 g/mol. The van der Waals surface area contributed by atoms with Crippen molar-refractivity contribution < 1.29 is 8.98 Å². The van der Waals surface area contributed by atoms with Gasteiger partial charge in [-0.1, -0.05) is 0 Å². The molecular weight excluding hydrogens is 361 g/mol. The van der Waals surface area contributed by atoms with Gasteiger partial charge in [-0.15, -0.1) is 0 Å². The van der Waals surface area contributed by atoms with Gasteiger partial charge in [0.05, 0.1) is 0 Å². The second-order valence-corrected chi connectivity index (χ2v) is 8.36. The Balaban J connectivity index is 1.86. The van der Waals surface area contributed by atoms with Gasteiger partial charge in [-0.3, -0.25) is 0 Å². The molecule has 0 aliphatic rings. The Morgan fingerprint density at radius 3 is 2.54 bits per heavy atom. The molecule has 116 valence electrons. The van der Waals surface area contributed by atoms with Gasteiger partial charge in [0.15, 0.2) is 0 Å². The van der Waals surface area contributed by atoms with E-state index < -0.39 is 0 Å². The van der Waals surface area contributed by atoms with Crippen LogP contribution in [0.4, 0.5) is 0 Å². The zero-order chi connectivity index (χ0) is 16.3. The SMILES string of the molecule is Cc1ccccc1-c1[se]c2cc3oc4ccccc4c3cc2[n+]1C. The molecule has 0 saturated heterocycles. The standard InChI is InChI=1S/C21H16NOSe/c1-13-7-3-4-8-14(13)21-22(2)17-11-16-15-9-5-6-10-18(15)23-19(16)12-20(17)24-21/h3-12H,1-2H3/q+1. The summed E-state index contributed by atoms with van der Waals surface area (Å²) in [5, 5.41) is 2.40. The number of hydrogen-bond acceptors (Lipinski definition) is 1. The summed E-state index contributed by atoms with van der Waals surface area (Å²) in [5.74, 6) is 0. The van der Waals surface area contributed by atoms with Crippen LogP contribution in [0.3, 0.4) is 0 Å². The average Bonchev–Trinajstić information content (AvgIpc) is 3.11. The fourth-order valence-corrected chi connectivity index (χ4v) is 6.04. The van der Waals surface area contributed by atoms with E-state index in [9.17, 15) is 0 Å². The second kappa shape index (κ2) is 5.07. The van der Waals surface area contributed by atoms with Crippen LogP contribution in [0.1, 0.15) is 5.56 Å². The molecule has 5 aromatic rings. The first-order valence-corrected chi connectivity index (χ1v) is 9.73. The topological polar surface area (TPSA) is 17.0 Å². The Bertz CT molecular complexity index is 1230. The van der Waals surface area contributed by atoms with Crippen LogP contribution in [-0.2, 0) is 7.05 Å². The number of aromatic nitrogens is 1. The molecule has 0 amide bonds. The molecule has 2 nitrogen and oxygen atoms in total. The zero-order valence-electron chi connectivity index (χ0n) is 13.5. The van der Waals surface area contributed by atoms with Gasteiger partial charge in [-0.25, -0.2) is 0 Å². The van der Waals surface area contributed by atoms with E-state index in [1.807, 2.05) is 12.1 Å². The first kappa shape index (κ1) is 14.0. The maximum atomic E-state index is 6.06. The molecule has 0 unspecified atom stereocenters. The number of hydrogen-bond donors (Lipinski definition) is 0. The summed E-state index contributed by atoms with van der Waals surface area (Å²) in [6, 6.07) is 21.5. The molecule has 3 aromatic carbocycles. The summed E-state index contributed by atoms with van der Waals surface area (Å²) in [7, 11) is 2.18. The first-order valence-electron chi connectivity index (χ1n) is 8.02. The molecule has 5 rings (SSSR count). The van der Waals surface area contributed by atoms with Gasteiger partial charge in [0.2, 0.25) is 0 Å². The van der Waals surface area contributed by atoms with E-state index in [1.165, 1.54) is 36.2 Å². The molecule has 3 heteroatoms. The van der Waals surface area contributed by atoms with Crippen molar-refractivity contribution in [1.82, 2.24) is 0 Å². The minimum atomic E-state index is 0.295. The minimum absolute atomic E-state index is 0.295. The fraction of sp³-hybridized carbons (Fsp3) is 0.0952. The predicted octanol–water partition coefficient (Wildman–Crippen LogP) is 4.60. The Morgan fingerprint density at radius 2 is 1.67 bits per heavy atom. The molecule has 24 heavy (non-hydrogen) atoms. The predicted molar refractivity (Wildman–Crippen MR) is 99.5 cm³/mol. The van der Waals surface area contributed by atoms with Gasteiger partial charge < -0.3 is 0 Å². The normalized spacial score (nSPS) is 11.8. The van der Waals surface area contributed by atoms with Gasteiger partial charge in [0.1, 0.15) is 0 Å². The average molecular weight is 377 g/mol. The van der Waals surface area contributed by atoms with Crippen molar-refractivity contribution in [2.45, 2.75) is 6.92 Å². The van der Waals surface area contributed by atoms with Crippen LogP contribution < -0.4 is 4.57 Å². The summed E-state index contributed by atoms with van der Waals surface area (Å²) in [5.41, 5.74) is 5.97. The molecule has 2 aromatic heterocycles. The molecule has 0 radical (unpaired) electrons. The van der Waals surface area contributed by atoms with Crippen LogP contribution in [0.5, 0.6) is 0 Å². The van der Waals surface area contributed by atoms with Crippen molar-refractivity contribution in [3.05, 3.63) is 66.2 Å². The van der Waals surface area contributed by atoms with E-state index in [0.29, 0.717) is 14.5 Å². The molecule has 0 atom stereocenters. The number of aryl methyl sites for hydroxylation is 2. The van der Waals surface area contributed by atoms with E-state index in [0.717, 1.165) is 11.2 Å². The molecule has 0 saturated carbocycles. The van der Waals surface area contributed by atoms with Crippen molar-refractivity contribution in [1.29, 1.82) is 0 Å². The Morgan fingerprint density at radius 1 is 0.875 bits per heavy atom. The van der Waals surface area contributed by atoms with Gasteiger partial charge in [-0.2, -0.15) is 0 Å². The molecule has 0 N–H and O–H groups in total. The summed E-state index contributed by atoms with van der Waals surface area (Å²) in [4.78, 5) is 0. The van der Waals surface area contributed by atoms with E-state index in [-0.39, 0.29) is 0 Å². The Hall–Kier alpha value is -2.35. The maximum absolute atomic E-state index is 6.06. The molecule has 2 heterocycles. The Labute approximate surface area is 145 Å². The molecule has 0 spiro atoms. The van der Waals surface area contributed by atoms with Crippen LogP contribution in [0.25, 0.3) is 41.8 Å². The summed E-state index contributed by atoms with van der Waals surface area (Å²) in [6.07, 6.45) is 0. The zero-order valence-corrected chi connectivity index (χ0v) is 15.3. The first-order chi connectivity index (χ1) is 11.7. The van der Waals surface area contributed by atoms with E-state index >= 15 is 0 Å². The second-order valence-electron chi connectivity index (χ2n) is 6.20. The number of fused-ring (bicyclic) bond motifs is 4. The van der Waals surface area contributed by atoms with E-state index in [4.69, 9.17) is 4.42 Å².